The molecule has 0 spiro atoms. The minimum atomic E-state index is -1.18. The lowest BCUT2D eigenvalue weighted by molar-refractivity contribution is -0.144. The second-order valence-electron chi connectivity index (χ2n) is 6.45. The third kappa shape index (κ3) is 4.83. The molecule has 162 valence electrons. The molecule has 1 saturated heterocycles. The first-order chi connectivity index (χ1) is 14.7. The number of amides is 2. The third-order valence-electron chi connectivity index (χ3n) is 4.41. The average molecular weight is 466 g/mol. The molecule has 3 rings (SSSR count). The van der Waals surface area contributed by atoms with E-state index in [0.717, 1.165) is 4.90 Å². The number of hydrogen-bond donors (Lipinski definition) is 1. The zero-order valence-corrected chi connectivity index (χ0v) is 18.0. The molecule has 0 radical (unpaired) electrons. The standard InChI is InChI=1S/C21H17ClFNO6S/c1-11(20(26)27)30-18-12(5-3-8-16(18)29-2)9-17-19(25)24(21(28)31-17)10-13-14(22)6-4-7-15(13)23/h3-9,11H,10H2,1-2H3,(H,26,27)/b17-9-/t11-/m1/s1. The first-order valence-corrected chi connectivity index (χ1v) is 10.2. The quantitative estimate of drug-likeness (QED) is 0.598. The van der Waals surface area contributed by atoms with E-state index >= 15 is 0 Å². The summed E-state index contributed by atoms with van der Waals surface area (Å²) in [5, 5.41) is 8.67. The second kappa shape index (κ2) is 9.40. The van der Waals surface area contributed by atoms with Gasteiger partial charge in [0.2, 0.25) is 0 Å². The lowest BCUT2D eigenvalue weighted by atomic mass is 10.1. The van der Waals surface area contributed by atoms with Crippen molar-refractivity contribution in [3.8, 4) is 11.5 Å². The van der Waals surface area contributed by atoms with E-state index in [0.29, 0.717) is 17.3 Å². The Labute approximate surface area is 186 Å². The van der Waals surface area contributed by atoms with Gasteiger partial charge in [-0.2, -0.15) is 0 Å². The minimum absolute atomic E-state index is 0.0356. The van der Waals surface area contributed by atoms with Gasteiger partial charge in [0.25, 0.3) is 11.1 Å². The number of rotatable bonds is 7. The van der Waals surface area contributed by atoms with E-state index in [-0.39, 0.29) is 33.5 Å². The Hall–Kier alpha value is -3.04. The van der Waals surface area contributed by atoms with Crippen molar-refractivity contribution in [3.63, 3.8) is 0 Å². The van der Waals surface area contributed by atoms with Crippen LogP contribution in [0.2, 0.25) is 5.02 Å². The highest BCUT2D eigenvalue weighted by Crippen LogP contribution is 2.38. The Morgan fingerprint density at radius 1 is 1.29 bits per heavy atom. The number of carbonyl (C=O) groups excluding carboxylic acids is 2. The number of carbonyl (C=O) groups is 3. The largest absolute Gasteiger partial charge is 0.493 e. The first kappa shape index (κ1) is 22.6. The SMILES string of the molecule is COc1cccc(/C=C2\SC(=O)N(Cc3c(F)cccc3Cl)C2=O)c1O[C@H](C)C(=O)O. The summed E-state index contributed by atoms with van der Waals surface area (Å²) in [5.41, 5.74) is 0.385. The van der Waals surface area contributed by atoms with Gasteiger partial charge in [-0.1, -0.05) is 29.8 Å². The summed E-state index contributed by atoms with van der Waals surface area (Å²) in [6, 6.07) is 8.89. The second-order valence-corrected chi connectivity index (χ2v) is 7.85. The van der Waals surface area contributed by atoms with Gasteiger partial charge < -0.3 is 14.6 Å². The predicted molar refractivity (Wildman–Crippen MR) is 114 cm³/mol. The molecule has 0 unspecified atom stereocenters. The molecule has 2 amide bonds. The van der Waals surface area contributed by atoms with Crippen LogP contribution in [-0.4, -0.2) is 40.3 Å². The van der Waals surface area contributed by atoms with Gasteiger partial charge >= 0.3 is 5.97 Å². The molecule has 1 N–H and O–H groups in total. The van der Waals surface area contributed by atoms with Crippen molar-refractivity contribution in [1.82, 2.24) is 4.90 Å². The van der Waals surface area contributed by atoms with Gasteiger partial charge in [-0.25, -0.2) is 9.18 Å². The Balaban J connectivity index is 1.94. The lowest BCUT2D eigenvalue weighted by Gasteiger charge is -2.16. The number of ether oxygens (including phenoxy) is 2. The Morgan fingerprint density at radius 2 is 2.00 bits per heavy atom. The number of imide groups is 1. The molecule has 10 heteroatoms. The summed E-state index contributed by atoms with van der Waals surface area (Å²) in [7, 11) is 1.39. The molecule has 2 aromatic rings. The molecule has 2 aromatic carbocycles. The number of nitrogens with zero attached hydrogens (tertiary/aromatic N) is 1. The van der Waals surface area contributed by atoms with Crippen LogP contribution in [0.1, 0.15) is 18.1 Å². The van der Waals surface area contributed by atoms with Crippen LogP contribution in [-0.2, 0) is 16.1 Å². The highest BCUT2D eigenvalue weighted by molar-refractivity contribution is 8.18. The van der Waals surface area contributed by atoms with Crippen molar-refractivity contribution >= 4 is 46.6 Å². The van der Waals surface area contributed by atoms with E-state index in [9.17, 15) is 18.8 Å². The fraction of sp³-hybridized carbons (Fsp3) is 0.190. The maximum Gasteiger partial charge on any atom is 0.344 e. The molecular weight excluding hydrogens is 449 g/mol. The summed E-state index contributed by atoms with van der Waals surface area (Å²) in [5.74, 6) is -2.06. The lowest BCUT2D eigenvalue weighted by Crippen LogP contribution is -2.28. The van der Waals surface area contributed by atoms with Gasteiger partial charge in [0.05, 0.1) is 18.6 Å². The molecule has 0 bridgehead atoms. The topological polar surface area (TPSA) is 93.1 Å². The fourth-order valence-corrected chi connectivity index (χ4v) is 3.83. The van der Waals surface area contributed by atoms with Gasteiger partial charge in [-0.3, -0.25) is 14.5 Å². The van der Waals surface area contributed by atoms with Crippen molar-refractivity contribution in [3.05, 3.63) is 63.3 Å². The van der Waals surface area contributed by atoms with Gasteiger partial charge in [0.15, 0.2) is 17.6 Å². The number of aliphatic carboxylic acids is 1. The third-order valence-corrected chi connectivity index (χ3v) is 5.67. The van der Waals surface area contributed by atoms with Crippen LogP contribution in [0.5, 0.6) is 11.5 Å². The highest BCUT2D eigenvalue weighted by atomic mass is 35.5. The number of methoxy groups -OCH3 is 1. The fourth-order valence-electron chi connectivity index (χ4n) is 2.78. The number of halogens is 2. The molecule has 1 aliphatic heterocycles. The van der Waals surface area contributed by atoms with E-state index in [1.807, 2.05) is 0 Å². The van der Waals surface area contributed by atoms with Crippen LogP contribution < -0.4 is 9.47 Å². The Morgan fingerprint density at radius 3 is 2.65 bits per heavy atom. The summed E-state index contributed by atoms with van der Waals surface area (Å²) < 4.78 is 24.8. The number of hydrogen-bond acceptors (Lipinski definition) is 6. The molecule has 1 heterocycles. The first-order valence-electron chi connectivity index (χ1n) is 8.97. The molecule has 0 saturated carbocycles. The molecule has 1 aliphatic rings. The van der Waals surface area contributed by atoms with Crippen molar-refractivity contribution in [1.29, 1.82) is 0 Å². The molecule has 31 heavy (non-hydrogen) atoms. The normalized spacial score (nSPS) is 16.0. The molecule has 1 fully saturated rings. The zero-order chi connectivity index (χ0) is 22.7. The van der Waals surface area contributed by atoms with Crippen LogP contribution >= 0.6 is 23.4 Å². The number of para-hydroxylation sites is 1. The van der Waals surface area contributed by atoms with E-state index < -0.39 is 29.0 Å². The molecule has 0 aromatic heterocycles. The monoisotopic (exact) mass is 465 g/mol. The van der Waals surface area contributed by atoms with E-state index in [1.54, 1.807) is 18.2 Å². The number of carboxylic acid groups (broad SMARTS) is 1. The molecule has 0 aliphatic carbocycles. The van der Waals surface area contributed by atoms with Crippen LogP contribution in [0.3, 0.4) is 0 Å². The van der Waals surface area contributed by atoms with E-state index in [4.69, 9.17) is 26.2 Å². The molecule has 7 nitrogen and oxygen atoms in total. The Bertz CT molecular complexity index is 1070. The summed E-state index contributed by atoms with van der Waals surface area (Å²) in [6.07, 6.45) is 0.224. The zero-order valence-electron chi connectivity index (χ0n) is 16.4. The van der Waals surface area contributed by atoms with Gasteiger partial charge in [0.1, 0.15) is 5.82 Å². The maximum absolute atomic E-state index is 14.1. The highest BCUT2D eigenvalue weighted by Gasteiger charge is 2.36. The minimum Gasteiger partial charge on any atom is -0.493 e. The number of carboxylic acids is 1. The summed E-state index contributed by atoms with van der Waals surface area (Å²) >= 11 is 6.68. The number of thioether (sulfide) groups is 1. The predicted octanol–water partition coefficient (Wildman–Crippen LogP) is 4.58. The number of benzene rings is 2. The van der Waals surface area contributed by atoms with Gasteiger partial charge in [-0.05, 0) is 43.0 Å². The summed E-state index contributed by atoms with van der Waals surface area (Å²) in [4.78, 5) is 37.4. The van der Waals surface area contributed by atoms with Crippen LogP contribution in [0.4, 0.5) is 9.18 Å². The van der Waals surface area contributed by atoms with E-state index in [2.05, 4.69) is 0 Å². The van der Waals surface area contributed by atoms with Crippen molar-refractivity contribution in [2.24, 2.45) is 0 Å². The van der Waals surface area contributed by atoms with Crippen molar-refractivity contribution in [2.45, 2.75) is 19.6 Å². The van der Waals surface area contributed by atoms with Gasteiger partial charge in [0, 0.05) is 16.1 Å². The average Bonchev–Trinajstić information content (AvgIpc) is 2.98. The van der Waals surface area contributed by atoms with Gasteiger partial charge in [-0.15, -0.1) is 0 Å². The van der Waals surface area contributed by atoms with E-state index in [1.165, 1.54) is 38.3 Å². The molecule has 1 atom stereocenters. The van der Waals surface area contributed by atoms with Crippen LogP contribution in [0.25, 0.3) is 6.08 Å². The smallest absolute Gasteiger partial charge is 0.344 e. The van der Waals surface area contributed by atoms with Crippen molar-refractivity contribution in [2.75, 3.05) is 7.11 Å². The maximum atomic E-state index is 14.1. The molecular formula is C21H17ClFNO6S. The van der Waals surface area contributed by atoms with Crippen LogP contribution in [0, 0.1) is 5.82 Å². The van der Waals surface area contributed by atoms with Crippen molar-refractivity contribution < 1.29 is 33.4 Å². The summed E-state index contributed by atoms with van der Waals surface area (Å²) in [6.45, 7) is 1.04. The Kier molecular flexibility index (Phi) is 6.87. The van der Waals surface area contributed by atoms with Crippen LogP contribution in [0.15, 0.2) is 41.3 Å².